The second-order valence-corrected chi connectivity index (χ2v) is 11.9. The zero-order valence-corrected chi connectivity index (χ0v) is 25.1. The number of carbonyl (C=O) groups is 1. The van der Waals surface area contributed by atoms with Crippen molar-refractivity contribution in [3.8, 4) is 0 Å². The molecule has 1 fully saturated rings. The molecule has 2 unspecified atom stereocenters. The molecule has 1 aliphatic heterocycles. The minimum Gasteiger partial charge on any atom is -0.427 e. The molecule has 1 N–H and O–H groups in total. The number of carbonyl (C=O) groups excluding carboxylic acids is 1. The zero-order chi connectivity index (χ0) is 30.3. The van der Waals surface area contributed by atoms with Gasteiger partial charge in [0, 0.05) is 30.8 Å². The smallest absolute Gasteiger partial charge is 0.427 e. The second-order valence-electron chi connectivity index (χ2n) is 11.9. The van der Waals surface area contributed by atoms with E-state index in [1.54, 1.807) is 20.8 Å². The molecule has 7 nitrogen and oxygen atoms in total. The fourth-order valence-corrected chi connectivity index (χ4v) is 5.63. The average molecular weight is 581 g/mol. The number of β-amino-alcohol motifs (C(OH)–C–C–N with tert-alkyl or cyclic N) is 1. The molecule has 4 aromatic rings. The Kier molecular flexibility index (Phi) is 9.56. The van der Waals surface area contributed by atoms with Crippen molar-refractivity contribution < 1.29 is 24.2 Å². The Balaban J connectivity index is 1.26. The van der Waals surface area contributed by atoms with Gasteiger partial charge in [-0.2, -0.15) is 0 Å². The van der Waals surface area contributed by atoms with E-state index < -0.39 is 23.5 Å². The van der Waals surface area contributed by atoms with Gasteiger partial charge in [0.05, 0.1) is 19.3 Å². The van der Waals surface area contributed by atoms with Crippen LogP contribution >= 0.6 is 0 Å². The number of hydrogen-bond acceptors (Lipinski definition) is 7. The van der Waals surface area contributed by atoms with Gasteiger partial charge in [0.2, 0.25) is 0 Å². The molecular weight excluding hydrogens is 540 g/mol. The Bertz CT molecular complexity index is 1340. The number of piperidine rings is 1. The normalized spacial score (nSPS) is 17.8. The van der Waals surface area contributed by atoms with E-state index in [2.05, 4.69) is 36.4 Å². The molecule has 0 bridgehead atoms. The number of aromatic nitrogens is 1. The lowest BCUT2D eigenvalue weighted by Crippen LogP contribution is -2.44. The maximum atomic E-state index is 12.0. The van der Waals surface area contributed by atoms with Gasteiger partial charge in [-0.1, -0.05) is 97.1 Å². The quantitative estimate of drug-likeness (QED) is 0.175. The number of rotatable bonds is 9. The van der Waals surface area contributed by atoms with E-state index in [0.717, 1.165) is 27.9 Å². The van der Waals surface area contributed by atoms with Crippen molar-refractivity contribution in [3.63, 3.8) is 0 Å². The van der Waals surface area contributed by atoms with Gasteiger partial charge in [-0.3, -0.25) is 4.98 Å². The van der Waals surface area contributed by atoms with Crippen molar-refractivity contribution in [3.05, 3.63) is 137 Å². The van der Waals surface area contributed by atoms with Gasteiger partial charge in [0.15, 0.2) is 0 Å². The standard InChI is InChI=1S/C36H40N2O5/c1-35(2,3)42-34(40)43-38-23-21-32(33(39)26-38)27-19-20-31(37-25-27)22-24-41-36(28-13-7-4-8-14-28,29-15-9-5-10-16-29)30-17-11-6-12-18-30/h4-20,25,32-33,39H,21-24,26H2,1-3H3. The van der Waals surface area contributed by atoms with Crippen LogP contribution in [0.5, 0.6) is 0 Å². The van der Waals surface area contributed by atoms with Gasteiger partial charge < -0.3 is 19.4 Å². The molecule has 3 aromatic carbocycles. The number of pyridine rings is 1. The highest BCUT2D eigenvalue weighted by atomic mass is 16.8. The number of hydrogen-bond donors (Lipinski definition) is 1. The molecule has 5 rings (SSSR count). The summed E-state index contributed by atoms with van der Waals surface area (Å²) in [6.07, 6.45) is 1.63. The van der Waals surface area contributed by atoms with E-state index >= 15 is 0 Å². The summed E-state index contributed by atoms with van der Waals surface area (Å²) in [6, 6.07) is 35.0. The van der Waals surface area contributed by atoms with E-state index in [9.17, 15) is 9.90 Å². The van der Waals surface area contributed by atoms with Crippen molar-refractivity contribution in [2.24, 2.45) is 0 Å². The van der Waals surface area contributed by atoms with Crippen LogP contribution in [0.3, 0.4) is 0 Å². The lowest BCUT2D eigenvalue weighted by molar-refractivity contribution is -0.170. The summed E-state index contributed by atoms with van der Waals surface area (Å²) in [5.74, 6) is -0.0989. The van der Waals surface area contributed by atoms with Crippen molar-refractivity contribution in [1.29, 1.82) is 0 Å². The van der Waals surface area contributed by atoms with Gasteiger partial charge in [-0.15, -0.1) is 5.06 Å². The summed E-state index contributed by atoms with van der Waals surface area (Å²) in [7, 11) is 0. The van der Waals surface area contributed by atoms with E-state index in [-0.39, 0.29) is 12.5 Å². The van der Waals surface area contributed by atoms with E-state index in [0.29, 0.717) is 26.0 Å². The molecule has 1 saturated heterocycles. The average Bonchev–Trinajstić information content (AvgIpc) is 3.00. The molecule has 0 spiro atoms. The Morgan fingerprint density at radius 3 is 1.88 bits per heavy atom. The van der Waals surface area contributed by atoms with Crippen LogP contribution in [0.2, 0.25) is 0 Å². The van der Waals surface area contributed by atoms with Gasteiger partial charge in [0.25, 0.3) is 0 Å². The minimum absolute atomic E-state index is 0.0989. The minimum atomic E-state index is -0.775. The lowest BCUT2D eigenvalue weighted by Gasteiger charge is -2.36. The molecule has 0 aliphatic carbocycles. The number of hydroxylamine groups is 2. The molecule has 2 heterocycles. The molecule has 43 heavy (non-hydrogen) atoms. The second kappa shape index (κ2) is 13.5. The highest BCUT2D eigenvalue weighted by Gasteiger charge is 2.37. The van der Waals surface area contributed by atoms with Gasteiger partial charge in [0.1, 0.15) is 11.2 Å². The van der Waals surface area contributed by atoms with Crippen LogP contribution in [0, 0.1) is 0 Å². The molecule has 7 heteroatoms. The summed E-state index contributed by atoms with van der Waals surface area (Å²) < 4.78 is 12.1. The fraction of sp³-hybridized carbons (Fsp3) is 0.333. The molecule has 2 atom stereocenters. The van der Waals surface area contributed by atoms with Gasteiger partial charge in [-0.25, -0.2) is 4.79 Å². The summed E-state index contributed by atoms with van der Waals surface area (Å²) in [5.41, 5.74) is 3.64. The summed E-state index contributed by atoms with van der Waals surface area (Å²) >= 11 is 0. The largest absolute Gasteiger partial charge is 0.528 e. The van der Waals surface area contributed by atoms with Gasteiger partial charge in [-0.05, 0) is 55.5 Å². The lowest BCUT2D eigenvalue weighted by atomic mass is 9.80. The monoisotopic (exact) mass is 580 g/mol. The van der Waals surface area contributed by atoms with Crippen molar-refractivity contribution in [2.75, 3.05) is 19.7 Å². The van der Waals surface area contributed by atoms with E-state index in [1.165, 1.54) is 5.06 Å². The van der Waals surface area contributed by atoms with Crippen LogP contribution in [0.15, 0.2) is 109 Å². The van der Waals surface area contributed by atoms with Crippen molar-refractivity contribution in [1.82, 2.24) is 10.0 Å². The summed E-state index contributed by atoms with van der Waals surface area (Å²) in [6.45, 7) is 6.50. The van der Waals surface area contributed by atoms with Crippen LogP contribution in [0.4, 0.5) is 4.79 Å². The molecule has 0 amide bonds. The number of aliphatic hydroxyl groups is 1. The third kappa shape index (κ3) is 7.49. The molecule has 0 saturated carbocycles. The van der Waals surface area contributed by atoms with Gasteiger partial charge >= 0.3 is 6.16 Å². The maximum Gasteiger partial charge on any atom is 0.528 e. The summed E-state index contributed by atoms with van der Waals surface area (Å²) in [4.78, 5) is 22.0. The molecule has 224 valence electrons. The number of aliphatic hydroxyl groups excluding tert-OH is 1. The van der Waals surface area contributed by atoms with E-state index in [1.807, 2.05) is 72.9 Å². The van der Waals surface area contributed by atoms with Crippen molar-refractivity contribution in [2.45, 2.75) is 56.8 Å². The van der Waals surface area contributed by atoms with E-state index in [4.69, 9.17) is 19.3 Å². The highest BCUT2D eigenvalue weighted by molar-refractivity contribution is 5.60. The first-order valence-electron chi connectivity index (χ1n) is 14.8. The zero-order valence-electron chi connectivity index (χ0n) is 25.1. The third-order valence-corrected chi connectivity index (χ3v) is 7.63. The molecule has 1 aromatic heterocycles. The van der Waals surface area contributed by atoms with Crippen LogP contribution < -0.4 is 0 Å². The first-order chi connectivity index (χ1) is 20.7. The molecule has 0 radical (unpaired) electrons. The Labute approximate surface area is 254 Å². The number of ether oxygens (including phenoxy) is 2. The number of benzene rings is 3. The highest BCUT2D eigenvalue weighted by Crippen LogP contribution is 2.40. The van der Waals surface area contributed by atoms with Crippen LogP contribution in [0.1, 0.15) is 61.1 Å². The predicted octanol–water partition coefficient (Wildman–Crippen LogP) is 6.65. The van der Waals surface area contributed by atoms with Crippen molar-refractivity contribution >= 4 is 6.16 Å². The fourth-order valence-electron chi connectivity index (χ4n) is 5.63. The first-order valence-corrected chi connectivity index (χ1v) is 14.8. The predicted molar refractivity (Wildman–Crippen MR) is 165 cm³/mol. The SMILES string of the molecule is CC(C)(C)OC(=O)ON1CCC(c2ccc(CCOC(c3ccccc3)(c3ccccc3)c3ccccc3)nc2)C(O)C1. The van der Waals surface area contributed by atoms with Crippen LogP contribution in [-0.4, -0.2) is 52.7 Å². The Morgan fingerprint density at radius 1 is 0.860 bits per heavy atom. The summed E-state index contributed by atoms with van der Waals surface area (Å²) in [5, 5.41) is 12.3. The van der Waals surface area contributed by atoms with Crippen LogP contribution in [-0.2, 0) is 26.3 Å². The third-order valence-electron chi connectivity index (χ3n) is 7.63. The maximum absolute atomic E-state index is 12.0. The molecule has 1 aliphatic rings. The Hall–Kier alpha value is -4.04. The first kappa shape index (κ1) is 30.4. The molecular formula is C36H40N2O5. The Morgan fingerprint density at radius 2 is 1.42 bits per heavy atom. The van der Waals surface area contributed by atoms with Crippen LogP contribution in [0.25, 0.3) is 0 Å². The number of nitrogens with zero attached hydrogens (tertiary/aromatic N) is 2. The topological polar surface area (TPSA) is 81.1 Å².